The Hall–Kier alpha value is -0.120. The molecule has 2 fully saturated rings. The average Bonchev–Trinajstić information content (AvgIpc) is 2.60. The van der Waals surface area contributed by atoms with E-state index in [2.05, 4.69) is 31.1 Å². The third-order valence-electron chi connectivity index (χ3n) is 3.88. The quantitative estimate of drug-likeness (QED) is 0.789. The van der Waals surface area contributed by atoms with Crippen molar-refractivity contribution in [1.82, 2.24) is 10.2 Å². The highest BCUT2D eigenvalue weighted by Crippen LogP contribution is 2.20. The number of nitrogens with one attached hydrogen (secondary N) is 1. The lowest BCUT2D eigenvalue weighted by molar-refractivity contribution is -0.0424. The molecule has 3 nitrogen and oxygen atoms in total. The number of nitrogens with zero attached hydrogens (tertiary/aromatic N) is 1. The van der Waals surface area contributed by atoms with Gasteiger partial charge in [0.25, 0.3) is 0 Å². The molecular weight excluding hydrogens is 200 g/mol. The molecular formula is C13H26N2O. The van der Waals surface area contributed by atoms with Crippen LogP contribution in [0.2, 0.25) is 0 Å². The molecule has 1 N–H and O–H groups in total. The van der Waals surface area contributed by atoms with E-state index < -0.39 is 0 Å². The Morgan fingerprint density at radius 1 is 1.25 bits per heavy atom. The van der Waals surface area contributed by atoms with Crippen LogP contribution in [0.15, 0.2) is 0 Å². The van der Waals surface area contributed by atoms with Gasteiger partial charge in [0.05, 0.1) is 12.2 Å². The smallest absolute Gasteiger partial charge is 0.0565 e. The number of likely N-dealkylation sites (tertiary alicyclic amines) is 1. The van der Waals surface area contributed by atoms with Gasteiger partial charge in [0, 0.05) is 12.6 Å². The van der Waals surface area contributed by atoms with Gasteiger partial charge in [-0.3, -0.25) is 0 Å². The molecule has 0 aromatic rings. The van der Waals surface area contributed by atoms with E-state index in [9.17, 15) is 0 Å². The summed E-state index contributed by atoms with van der Waals surface area (Å²) in [5.74, 6) is 0.860. The minimum absolute atomic E-state index is 0.424. The maximum Gasteiger partial charge on any atom is 0.0565 e. The molecule has 0 amide bonds. The molecule has 2 heterocycles. The van der Waals surface area contributed by atoms with Crippen LogP contribution in [0.4, 0.5) is 0 Å². The second-order valence-corrected chi connectivity index (χ2v) is 5.75. The fraction of sp³-hybridized carbons (Fsp3) is 1.00. The molecule has 2 saturated heterocycles. The number of hydrogen-bond acceptors (Lipinski definition) is 3. The molecule has 2 rings (SSSR count). The highest BCUT2D eigenvalue weighted by atomic mass is 16.5. The SMILES string of the molecule is CC1CC(NCC2CCN(C)C2)CC(C)O1. The molecule has 3 atom stereocenters. The summed E-state index contributed by atoms with van der Waals surface area (Å²) in [5, 5.41) is 3.74. The predicted octanol–water partition coefficient (Wildman–Crippen LogP) is 1.48. The zero-order valence-corrected chi connectivity index (χ0v) is 10.9. The Balaban J connectivity index is 1.69. The van der Waals surface area contributed by atoms with E-state index >= 15 is 0 Å². The lowest BCUT2D eigenvalue weighted by atomic mass is 9.99. The highest BCUT2D eigenvalue weighted by Gasteiger charge is 2.26. The molecule has 94 valence electrons. The van der Waals surface area contributed by atoms with Crippen molar-refractivity contribution in [2.24, 2.45) is 5.92 Å². The monoisotopic (exact) mass is 226 g/mol. The summed E-state index contributed by atoms with van der Waals surface area (Å²) in [4.78, 5) is 2.43. The van der Waals surface area contributed by atoms with Gasteiger partial charge in [-0.2, -0.15) is 0 Å². The normalized spacial score (nSPS) is 41.4. The number of hydrogen-bond donors (Lipinski definition) is 1. The van der Waals surface area contributed by atoms with Crippen molar-refractivity contribution in [1.29, 1.82) is 0 Å². The van der Waals surface area contributed by atoms with Gasteiger partial charge in [0.15, 0.2) is 0 Å². The minimum atomic E-state index is 0.424. The van der Waals surface area contributed by atoms with E-state index in [4.69, 9.17) is 4.74 Å². The summed E-state index contributed by atoms with van der Waals surface area (Å²) in [6.07, 6.45) is 4.55. The van der Waals surface area contributed by atoms with Crippen LogP contribution in [0.5, 0.6) is 0 Å². The molecule has 2 aliphatic heterocycles. The van der Waals surface area contributed by atoms with Gasteiger partial charge in [0.2, 0.25) is 0 Å². The maximum absolute atomic E-state index is 5.76. The first-order valence-corrected chi connectivity index (χ1v) is 6.71. The molecule has 0 aromatic carbocycles. The molecule has 0 spiro atoms. The highest BCUT2D eigenvalue weighted by molar-refractivity contribution is 4.81. The predicted molar refractivity (Wildman–Crippen MR) is 66.6 cm³/mol. The van der Waals surface area contributed by atoms with Crippen LogP contribution in [0.3, 0.4) is 0 Å². The maximum atomic E-state index is 5.76. The summed E-state index contributed by atoms with van der Waals surface area (Å²) in [6, 6.07) is 0.671. The van der Waals surface area contributed by atoms with E-state index in [1.165, 1.54) is 38.9 Å². The van der Waals surface area contributed by atoms with Gasteiger partial charge in [-0.05, 0) is 59.2 Å². The summed E-state index contributed by atoms with van der Waals surface area (Å²) in [6.45, 7) is 8.10. The first kappa shape index (κ1) is 12.3. The van der Waals surface area contributed by atoms with E-state index in [0.29, 0.717) is 18.2 Å². The first-order valence-electron chi connectivity index (χ1n) is 6.71. The Morgan fingerprint density at radius 3 is 2.50 bits per heavy atom. The molecule has 0 radical (unpaired) electrons. The lowest BCUT2D eigenvalue weighted by Crippen LogP contribution is -2.43. The van der Waals surface area contributed by atoms with Gasteiger partial charge in [-0.15, -0.1) is 0 Å². The topological polar surface area (TPSA) is 24.5 Å². The van der Waals surface area contributed by atoms with E-state index in [1.807, 2.05) is 0 Å². The van der Waals surface area contributed by atoms with Crippen molar-refractivity contribution in [3.63, 3.8) is 0 Å². The Bertz CT molecular complexity index is 212. The van der Waals surface area contributed by atoms with E-state index in [1.54, 1.807) is 0 Å². The summed E-state index contributed by atoms with van der Waals surface area (Å²) >= 11 is 0. The molecule has 0 bridgehead atoms. The van der Waals surface area contributed by atoms with Gasteiger partial charge < -0.3 is 15.0 Å². The van der Waals surface area contributed by atoms with Crippen molar-refractivity contribution in [3.8, 4) is 0 Å². The van der Waals surface area contributed by atoms with Crippen molar-refractivity contribution < 1.29 is 4.74 Å². The van der Waals surface area contributed by atoms with Crippen LogP contribution in [-0.4, -0.2) is 49.8 Å². The van der Waals surface area contributed by atoms with Crippen LogP contribution in [0.25, 0.3) is 0 Å². The van der Waals surface area contributed by atoms with Crippen molar-refractivity contribution >= 4 is 0 Å². The molecule has 0 aliphatic carbocycles. The molecule has 0 aromatic heterocycles. The van der Waals surface area contributed by atoms with Crippen LogP contribution >= 0.6 is 0 Å². The molecule has 3 unspecified atom stereocenters. The van der Waals surface area contributed by atoms with Crippen molar-refractivity contribution in [2.75, 3.05) is 26.7 Å². The Labute approximate surface area is 99.5 Å². The van der Waals surface area contributed by atoms with E-state index in [-0.39, 0.29) is 0 Å². The van der Waals surface area contributed by atoms with Gasteiger partial charge in [-0.1, -0.05) is 0 Å². The third-order valence-corrected chi connectivity index (χ3v) is 3.88. The van der Waals surface area contributed by atoms with Crippen LogP contribution in [0, 0.1) is 5.92 Å². The Kier molecular flexibility index (Phi) is 4.22. The zero-order valence-electron chi connectivity index (χ0n) is 10.9. The number of ether oxygens (including phenoxy) is 1. The fourth-order valence-electron chi connectivity index (χ4n) is 3.10. The summed E-state index contributed by atoms with van der Waals surface area (Å²) in [5.41, 5.74) is 0. The number of rotatable bonds is 3. The second-order valence-electron chi connectivity index (χ2n) is 5.75. The molecule has 2 aliphatic rings. The van der Waals surface area contributed by atoms with Gasteiger partial charge in [-0.25, -0.2) is 0 Å². The zero-order chi connectivity index (χ0) is 11.5. The largest absolute Gasteiger partial charge is 0.375 e. The Morgan fingerprint density at radius 2 is 1.94 bits per heavy atom. The van der Waals surface area contributed by atoms with Crippen LogP contribution in [0.1, 0.15) is 33.1 Å². The van der Waals surface area contributed by atoms with Crippen LogP contribution in [-0.2, 0) is 4.74 Å². The fourth-order valence-corrected chi connectivity index (χ4v) is 3.10. The molecule has 3 heteroatoms. The van der Waals surface area contributed by atoms with Crippen molar-refractivity contribution in [2.45, 2.75) is 51.4 Å². The van der Waals surface area contributed by atoms with Crippen molar-refractivity contribution in [3.05, 3.63) is 0 Å². The molecule has 0 saturated carbocycles. The van der Waals surface area contributed by atoms with Gasteiger partial charge in [0.1, 0.15) is 0 Å². The summed E-state index contributed by atoms with van der Waals surface area (Å²) in [7, 11) is 2.22. The third kappa shape index (κ3) is 3.44. The van der Waals surface area contributed by atoms with E-state index in [0.717, 1.165) is 5.92 Å². The van der Waals surface area contributed by atoms with Crippen LogP contribution < -0.4 is 5.32 Å². The lowest BCUT2D eigenvalue weighted by Gasteiger charge is -2.33. The standard InChI is InChI=1S/C13H26N2O/c1-10-6-13(7-11(2)16-10)14-8-12-4-5-15(3)9-12/h10-14H,4-9H2,1-3H3. The second kappa shape index (κ2) is 5.48. The molecule has 16 heavy (non-hydrogen) atoms. The average molecular weight is 226 g/mol. The van der Waals surface area contributed by atoms with Gasteiger partial charge >= 0.3 is 0 Å². The summed E-state index contributed by atoms with van der Waals surface area (Å²) < 4.78 is 5.76. The minimum Gasteiger partial charge on any atom is -0.375 e. The first-order chi connectivity index (χ1) is 7.63.